The molecule has 0 aromatic rings. The number of hydrogen-bond acceptors (Lipinski definition) is 7. The van der Waals surface area contributed by atoms with Gasteiger partial charge >= 0.3 is 5.97 Å². The normalized spacial score (nSPS) is 8.48. The number of ketones is 1. The van der Waals surface area contributed by atoms with Gasteiger partial charge in [0.2, 0.25) is 12.2 Å². The Morgan fingerprint density at radius 2 is 1.43 bits per heavy atom. The SMILES string of the molecule is CCOC(=O)CC(C)=O.O=C=NCCCCCCN=C=O. The molecule has 0 aliphatic heterocycles. The van der Waals surface area contributed by atoms with E-state index in [9.17, 15) is 19.2 Å². The number of nitrogens with zero attached hydrogens (tertiary/aromatic N) is 2. The van der Waals surface area contributed by atoms with Crippen LogP contribution < -0.4 is 0 Å². The fraction of sp³-hybridized carbons (Fsp3) is 0.714. The number of unbranched alkanes of at least 4 members (excludes halogenated alkanes) is 3. The van der Waals surface area contributed by atoms with Crippen LogP contribution in [0.4, 0.5) is 0 Å². The van der Waals surface area contributed by atoms with Crippen LogP contribution in [0.3, 0.4) is 0 Å². The van der Waals surface area contributed by atoms with Gasteiger partial charge in [-0.05, 0) is 26.7 Å². The molecule has 0 radical (unpaired) electrons. The molecule has 0 saturated carbocycles. The first-order valence-corrected chi connectivity index (χ1v) is 6.80. The fourth-order valence-electron chi connectivity index (χ4n) is 1.24. The number of carbonyl (C=O) groups is 2. The van der Waals surface area contributed by atoms with Gasteiger partial charge in [-0.3, -0.25) is 9.59 Å². The largest absolute Gasteiger partial charge is 0.466 e. The number of carbonyl (C=O) groups excluding carboxylic acids is 4. The predicted octanol–water partition coefficient (Wildman–Crippen LogP) is 1.75. The van der Waals surface area contributed by atoms with Crippen molar-refractivity contribution in [1.29, 1.82) is 0 Å². The van der Waals surface area contributed by atoms with Crippen LogP contribution in [0.25, 0.3) is 0 Å². The molecule has 118 valence electrons. The lowest BCUT2D eigenvalue weighted by Crippen LogP contribution is -2.07. The molecule has 0 unspecified atom stereocenters. The van der Waals surface area contributed by atoms with Crippen molar-refractivity contribution in [2.24, 2.45) is 9.98 Å². The molecule has 0 saturated heterocycles. The van der Waals surface area contributed by atoms with E-state index < -0.39 is 5.97 Å². The first-order valence-electron chi connectivity index (χ1n) is 6.80. The molecule has 21 heavy (non-hydrogen) atoms. The maximum absolute atomic E-state index is 10.4. The Kier molecular flexibility index (Phi) is 18.1. The van der Waals surface area contributed by atoms with E-state index >= 15 is 0 Å². The molecule has 0 aliphatic rings. The topological polar surface area (TPSA) is 102 Å². The van der Waals surface area contributed by atoms with Gasteiger partial charge in [-0.1, -0.05) is 12.8 Å². The fourth-order valence-corrected chi connectivity index (χ4v) is 1.24. The summed E-state index contributed by atoms with van der Waals surface area (Å²) in [6.07, 6.45) is 6.70. The van der Waals surface area contributed by atoms with E-state index in [-0.39, 0.29) is 12.2 Å². The minimum Gasteiger partial charge on any atom is -0.466 e. The minimum atomic E-state index is -0.440. The molecule has 0 fully saturated rings. The number of Topliss-reactive ketones (excluding diaryl/α,β-unsaturated/α-hetero) is 1. The highest BCUT2D eigenvalue weighted by Gasteiger charge is 2.03. The standard InChI is InChI=1S/C8H12N2O2.C6H10O3/c11-7-9-5-3-1-2-4-6-10-8-12;1-3-9-6(8)4-5(2)7/h1-6H2;3-4H2,1-2H3. The van der Waals surface area contributed by atoms with Crippen LogP contribution in [0.15, 0.2) is 9.98 Å². The highest BCUT2D eigenvalue weighted by molar-refractivity contribution is 5.94. The van der Waals surface area contributed by atoms with Crippen LogP contribution >= 0.6 is 0 Å². The van der Waals surface area contributed by atoms with Crippen molar-refractivity contribution in [3.05, 3.63) is 0 Å². The Labute approximate surface area is 124 Å². The molecule has 0 aromatic carbocycles. The molecule has 7 heteroatoms. The first-order chi connectivity index (χ1) is 10.1. The maximum Gasteiger partial charge on any atom is 0.313 e. The van der Waals surface area contributed by atoms with Crippen LogP contribution in [0.1, 0.15) is 46.0 Å². The van der Waals surface area contributed by atoms with Crippen LogP contribution in [0, 0.1) is 0 Å². The number of ether oxygens (including phenoxy) is 1. The third kappa shape index (κ3) is 23.4. The van der Waals surface area contributed by atoms with E-state index in [0.29, 0.717) is 19.7 Å². The molecule has 0 bridgehead atoms. The number of aliphatic imine (C=N–C) groups is 2. The van der Waals surface area contributed by atoms with Crippen LogP contribution in [-0.2, 0) is 23.9 Å². The van der Waals surface area contributed by atoms with Gasteiger partial charge in [0.05, 0.1) is 19.7 Å². The number of esters is 1. The summed E-state index contributed by atoms with van der Waals surface area (Å²) in [4.78, 5) is 46.7. The van der Waals surface area contributed by atoms with E-state index in [1.54, 1.807) is 6.92 Å². The van der Waals surface area contributed by atoms with Gasteiger partial charge < -0.3 is 4.74 Å². The Morgan fingerprint density at radius 3 is 1.76 bits per heavy atom. The summed E-state index contributed by atoms with van der Waals surface area (Å²) in [6, 6.07) is 0. The first kappa shape index (κ1) is 21.2. The molecule has 0 amide bonds. The molecule has 0 N–H and O–H groups in total. The summed E-state index contributed by atoms with van der Waals surface area (Å²) >= 11 is 0. The Bertz CT molecular complexity index is 361. The molecule has 0 aliphatic carbocycles. The third-order valence-corrected chi connectivity index (χ3v) is 2.12. The van der Waals surface area contributed by atoms with Gasteiger partial charge in [-0.2, -0.15) is 0 Å². The minimum absolute atomic E-state index is 0.103. The molecule has 0 atom stereocenters. The van der Waals surface area contributed by atoms with Crippen LogP contribution in [0.5, 0.6) is 0 Å². The number of hydrogen-bond donors (Lipinski definition) is 0. The molecular weight excluding hydrogens is 276 g/mol. The van der Waals surface area contributed by atoms with Gasteiger partial charge in [0, 0.05) is 0 Å². The van der Waals surface area contributed by atoms with Crippen LogP contribution in [-0.4, -0.2) is 43.6 Å². The molecular formula is C14H22N2O5. The highest BCUT2D eigenvalue weighted by atomic mass is 16.5. The monoisotopic (exact) mass is 298 g/mol. The summed E-state index contributed by atoms with van der Waals surface area (Å²) in [5.74, 6) is -0.599. The highest BCUT2D eigenvalue weighted by Crippen LogP contribution is 1.99. The molecule has 0 aromatic heterocycles. The molecule has 0 heterocycles. The second kappa shape index (κ2) is 17.9. The van der Waals surface area contributed by atoms with Gasteiger partial charge in [0.1, 0.15) is 12.2 Å². The quantitative estimate of drug-likeness (QED) is 0.201. The van der Waals surface area contributed by atoms with E-state index in [2.05, 4.69) is 14.7 Å². The predicted molar refractivity (Wildman–Crippen MR) is 76.4 cm³/mol. The van der Waals surface area contributed by atoms with E-state index in [0.717, 1.165) is 25.7 Å². The summed E-state index contributed by atoms with van der Waals surface area (Å²) in [7, 11) is 0. The van der Waals surface area contributed by atoms with Crippen molar-refractivity contribution in [3.63, 3.8) is 0 Å². The van der Waals surface area contributed by atoms with E-state index in [4.69, 9.17) is 0 Å². The van der Waals surface area contributed by atoms with Crippen molar-refractivity contribution in [2.75, 3.05) is 19.7 Å². The van der Waals surface area contributed by atoms with Crippen LogP contribution in [0.2, 0.25) is 0 Å². The van der Waals surface area contributed by atoms with Crippen molar-refractivity contribution < 1.29 is 23.9 Å². The number of isocyanates is 2. The lowest BCUT2D eigenvalue weighted by atomic mass is 10.2. The Morgan fingerprint density at radius 1 is 0.952 bits per heavy atom. The molecule has 0 rings (SSSR count). The molecule has 7 nitrogen and oxygen atoms in total. The Hall–Kier alpha value is -2.10. The van der Waals surface area contributed by atoms with E-state index in [1.807, 2.05) is 0 Å². The Balaban J connectivity index is 0. The van der Waals surface area contributed by atoms with Crippen molar-refractivity contribution in [2.45, 2.75) is 46.0 Å². The zero-order valence-corrected chi connectivity index (χ0v) is 12.6. The third-order valence-electron chi connectivity index (χ3n) is 2.12. The number of rotatable bonds is 10. The zero-order valence-electron chi connectivity index (χ0n) is 12.6. The second-order valence-electron chi connectivity index (χ2n) is 4.04. The summed E-state index contributed by atoms with van der Waals surface area (Å²) < 4.78 is 4.49. The van der Waals surface area contributed by atoms with Crippen molar-refractivity contribution in [1.82, 2.24) is 0 Å². The van der Waals surface area contributed by atoms with Gasteiger partial charge in [-0.25, -0.2) is 19.6 Å². The van der Waals surface area contributed by atoms with E-state index in [1.165, 1.54) is 19.1 Å². The van der Waals surface area contributed by atoms with Gasteiger partial charge in [0.25, 0.3) is 0 Å². The summed E-state index contributed by atoms with van der Waals surface area (Å²) in [5, 5.41) is 0. The maximum atomic E-state index is 10.4. The zero-order chi connectivity index (χ0) is 16.3. The van der Waals surface area contributed by atoms with Crippen molar-refractivity contribution in [3.8, 4) is 0 Å². The van der Waals surface area contributed by atoms with Crippen molar-refractivity contribution >= 4 is 23.9 Å². The average Bonchev–Trinajstić information content (AvgIpc) is 2.42. The summed E-state index contributed by atoms with van der Waals surface area (Å²) in [5.41, 5.74) is 0. The molecule has 0 spiro atoms. The average molecular weight is 298 g/mol. The smallest absolute Gasteiger partial charge is 0.313 e. The summed E-state index contributed by atoms with van der Waals surface area (Å²) in [6.45, 7) is 4.52. The lowest BCUT2D eigenvalue weighted by Gasteiger charge is -1.96. The second-order valence-corrected chi connectivity index (χ2v) is 4.04. The van der Waals surface area contributed by atoms with Gasteiger partial charge in [-0.15, -0.1) is 0 Å². The van der Waals surface area contributed by atoms with Gasteiger partial charge in [0.15, 0.2) is 0 Å². The lowest BCUT2D eigenvalue weighted by molar-refractivity contribution is -0.145.